The van der Waals surface area contributed by atoms with E-state index in [4.69, 9.17) is 6.42 Å². The number of thioether (sulfide) groups is 1. The van der Waals surface area contributed by atoms with Crippen molar-refractivity contribution in [3.63, 3.8) is 0 Å². The lowest BCUT2D eigenvalue weighted by atomic mass is 9.90. The van der Waals surface area contributed by atoms with Crippen molar-refractivity contribution in [1.29, 1.82) is 0 Å². The van der Waals surface area contributed by atoms with Crippen molar-refractivity contribution in [2.75, 3.05) is 17.3 Å². The monoisotopic (exact) mass is 318 g/mol. The van der Waals surface area contributed by atoms with Gasteiger partial charge < -0.3 is 0 Å². The summed E-state index contributed by atoms with van der Waals surface area (Å²) in [5, 5.41) is 0. The van der Waals surface area contributed by atoms with Crippen LogP contribution < -0.4 is 0 Å². The highest BCUT2D eigenvalue weighted by atomic mass is 32.3. The number of fused-ring (bicyclic) bond motifs is 3. The van der Waals surface area contributed by atoms with Crippen LogP contribution in [0.1, 0.15) is 45.4 Å². The maximum absolute atomic E-state index is 12.6. The van der Waals surface area contributed by atoms with Gasteiger partial charge in [-0.1, -0.05) is 13.3 Å². The average Bonchev–Trinajstić information content (AvgIpc) is 2.36. The van der Waals surface area contributed by atoms with E-state index in [1.807, 2.05) is 0 Å². The Bertz CT molecular complexity index is 407. The molecule has 0 aliphatic carbocycles. The molecule has 3 aliphatic rings. The van der Waals surface area contributed by atoms with E-state index in [-0.39, 0.29) is 5.41 Å². The van der Waals surface area contributed by atoms with Gasteiger partial charge in [0.15, 0.2) is 3.41 Å². The molecule has 0 N–H and O–H groups in total. The van der Waals surface area contributed by atoms with E-state index in [9.17, 15) is 8.42 Å². The van der Waals surface area contributed by atoms with Crippen molar-refractivity contribution >= 4 is 33.4 Å². The number of hydrogen-bond donors (Lipinski definition) is 0. The molecule has 0 aromatic rings. The van der Waals surface area contributed by atoms with Crippen LogP contribution in [-0.4, -0.2) is 29.1 Å². The molecule has 0 aromatic heterocycles. The molecule has 3 rings (SSSR count). The lowest BCUT2D eigenvalue weighted by Crippen LogP contribution is -2.58. The van der Waals surface area contributed by atoms with Crippen molar-refractivity contribution in [1.82, 2.24) is 0 Å². The summed E-state index contributed by atoms with van der Waals surface area (Å²) in [4.78, 5) is 0. The third-order valence-electron chi connectivity index (χ3n) is 4.00. The molecule has 3 fully saturated rings. The van der Waals surface area contributed by atoms with E-state index in [0.29, 0.717) is 0 Å². The summed E-state index contributed by atoms with van der Waals surface area (Å²) >= 11 is 1.72. The molecule has 0 aromatic carbocycles. The smallest absolute Gasteiger partial charge is 0.165 e. The van der Waals surface area contributed by atoms with Crippen LogP contribution in [0.4, 0.5) is 0 Å². The zero-order chi connectivity index (χ0) is 13.9. The Morgan fingerprint density at radius 2 is 1.89 bits per heavy atom. The van der Waals surface area contributed by atoms with Crippen LogP contribution >= 0.6 is 11.8 Å². The number of hydrogen-bond acceptors (Lipinski definition) is 3. The van der Waals surface area contributed by atoms with Gasteiger partial charge in [-0.05, 0) is 25.7 Å². The quantitative estimate of drug-likeness (QED) is 0.558. The van der Waals surface area contributed by atoms with Gasteiger partial charge in [0.25, 0.3) is 0 Å². The van der Waals surface area contributed by atoms with E-state index in [1.54, 1.807) is 11.8 Å². The second kappa shape index (κ2) is 6.32. The van der Waals surface area contributed by atoms with E-state index in [1.165, 1.54) is 0 Å². The first-order valence-corrected chi connectivity index (χ1v) is 10.6. The van der Waals surface area contributed by atoms with Crippen molar-refractivity contribution in [2.45, 2.75) is 48.9 Å². The van der Waals surface area contributed by atoms with Gasteiger partial charge in [0, 0.05) is 29.1 Å². The zero-order valence-electron chi connectivity index (χ0n) is 11.5. The predicted molar refractivity (Wildman–Crippen MR) is 85.8 cm³/mol. The highest BCUT2D eigenvalue weighted by Crippen LogP contribution is 2.54. The summed E-state index contributed by atoms with van der Waals surface area (Å²) in [6.07, 6.45) is 10.8. The topological polar surface area (TPSA) is 34.1 Å². The highest BCUT2D eigenvalue weighted by molar-refractivity contribution is 8.26. The first-order valence-electron chi connectivity index (χ1n) is 6.93. The molecule has 2 bridgehead atoms. The molecule has 3 heterocycles. The summed E-state index contributed by atoms with van der Waals surface area (Å²) in [5.41, 5.74) is 0.0791. The van der Waals surface area contributed by atoms with E-state index in [2.05, 4.69) is 12.8 Å². The van der Waals surface area contributed by atoms with Crippen molar-refractivity contribution in [2.24, 2.45) is 5.41 Å². The Morgan fingerprint density at radius 1 is 1.21 bits per heavy atom. The minimum Gasteiger partial charge on any atom is -0.257 e. The summed E-state index contributed by atoms with van der Waals surface area (Å²) in [7, 11) is -1.90. The fourth-order valence-corrected chi connectivity index (χ4v) is 10.5. The van der Waals surface area contributed by atoms with Crippen molar-refractivity contribution in [3.8, 4) is 12.3 Å². The van der Waals surface area contributed by atoms with Gasteiger partial charge in [-0.3, -0.25) is 8.42 Å². The molecule has 2 unspecified atom stereocenters. The fourth-order valence-electron chi connectivity index (χ4n) is 3.01. The largest absolute Gasteiger partial charge is 0.257 e. The molecule has 0 spiro atoms. The van der Waals surface area contributed by atoms with E-state index in [0.717, 1.165) is 55.8 Å². The molecule has 3 saturated heterocycles. The van der Waals surface area contributed by atoms with Crippen LogP contribution in [-0.2, 0) is 21.6 Å². The number of rotatable bonds is 6. The van der Waals surface area contributed by atoms with Crippen molar-refractivity contribution in [3.05, 3.63) is 0 Å². The summed E-state index contributed by atoms with van der Waals surface area (Å²) in [6, 6.07) is 0. The van der Waals surface area contributed by atoms with Gasteiger partial charge in [-0.15, -0.1) is 24.1 Å². The molecular weight excluding hydrogens is 296 g/mol. The normalized spacial score (nSPS) is 41.1. The Labute approximate surface area is 125 Å². The SMILES string of the molecule is C#CCCCCC12SCC(CCC)(CS1=O)CS2=O. The van der Waals surface area contributed by atoms with E-state index >= 15 is 0 Å². The van der Waals surface area contributed by atoms with Gasteiger partial charge in [-0.25, -0.2) is 0 Å². The maximum Gasteiger partial charge on any atom is 0.165 e. The average molecular weight is 319 g/mol. The maximum atomic E-state index is 12.6. The molecule has 5 heteroatoms. The van der Waals surface area contributed by atoms with Crippen LogP contribution in [0.15, 0.2) is 0 Å². The second-order valence-electron chi connectivity index (χ2n) is 5.61. The third kappa shape index (κ3) is 2.96. The molecule has 2 atom stereocenters. The van der Waals surface area contributed by atoms with E-state index < -0.39 is 25.0 Å². The van der Waals surface area contributed by atoms with Crippen LogP contribution in [0, 0.1) is 17.8 Å². The first kappa shape index (κ1) is 15.6. The zero-order valence-corrected chi connectivity index (χ0v) is 13.9. The Morgan fingerprint density at radius 3 is 2.42 bits per heavy atom. The summed E-state index contributed by atoms with van der Waals surface area (Å²) in [5.74, 6) is 5.18. The van der Waals surface area contributed by atoms with Gasteiger partial charge in [0.1, 0.15) is 0 Å². The molecule has 108 valence electrons. The Balaban J connectivity index is 2.05. The van der Waals surface area contributed by atoms with Gasteiger partial charge in [-0.2, -0.15) is 0 Å². The van der Waals surface area contributed by atoms with Gasteiger partial charge >= 0.3 is 0 Å². The Kier molecular flexibility index (Phi) is 5.19. The molecule has 19 heavy (non-hydrogen) atoms. The second-order valence-corrected chi connectivity index (χ2v) is 11.0. The lowest BCUT2D eigenvalue weighted by Gasteiger charge is -2.51. The highest BCUT2D eigenvalue weighted by Gasteiger charge is 2.58. The van der Waals surface area contributed by atoms with Gasteiger partial charge in [0.2, 0.25) is 0 Å². The molecule has 2 nitrogen and oxygen atoms in total. The lowest BCUT2D eigenvalue weighted by molar-refractivity contribution is 0.379. The summed E-state index contributed by atoms with van der Waals surface area (Å²) in [6.45, 7) is 2.15. The molecule has 0 saturated carbocycles. The standard InChI is InChI=1S/C14H22O2S3/c1-3-5-6-7-9-14-17-10-13(8-4-2,11-18(14)15)12-19(14)16/h1H,4-12H2,2H3. The molecule has 0 amide bonds. The fraction of sp³-hybridized carbons (Fsp3) is 0.857. The summed E-state index contributed by atoms with van der Waals surface area (Å²) < 4.78 is 24.7. The van der Waals surface area contributed by atoms with Crippen LogP contribution in [0.2, 0.25) is 0 Å². The Hall–Kier alpha value is 0.210. The van der Waals surface area contributed by atoms with Crippen LogP contribution in [0.3, 0.4) is 0 Å². The molecule has 0 radical (unpaired) electrons. The van der Waals surface area contributed by atoms with Gasteiger partial charge in [0.05, 0.1) is 21.6 Å². The number of unbranched alkanes of at least 4 members (excludes halogenated alkanes) is 2. The van der Waals surface area contributed by atoms with Crippen LogP contribution in [0.25, 0.3) is 0 Å². The first-order chi connectivity index (χ1) is 9.08. The minimum absolute atomic E-state index is 0.0791. The van der Waals surface area contributed by atoms with Crippen molar-refractivity contribution < 1.29 is 8.42 Å². The third-order valence-corrected chi connectivity index (χ3v) is 11.9. The predicted octanol–water partition coefficient (Wildman–Crippen LogP) is 2.88. The number of terminal acetylenes is 1. The molecular formula is C14H22O2S3. The van der Waals surface area contributed by atoms with Crippen LogP contribution in [0.5, 0.6) is 0 Å². The minimum atomic E-state index is -0.952. The molecule has 3 aliphatic heterocycles.